The molecule has 1 aliphatic rings. The number of amides is 1. The lowest BCUT2D eigenvalue weighted by Crippen LogP contribution is -2.31. The highest BCUT2D eigenvalue weighted by Crippen LogP contribution is 2.24. The molecule has 3 N–H and O–H groups in total. The third kappa shape index (κ3) is 4.69. The topological polar surface area (TPSA) is 94.0 Å². The zero-order valence-electron chi connectivity index (χ0n) is 13.1. The molecule has 2 atom stereocenters. The molecule has 1 fully saturated rings. The van der Waals surface area contributed by atoms with E-state index in [2.05, 4.69) is 15.5 Å². The Bertz CT molecular complexity index is 692. The summed E-state index contributed by atoms with van der Waals surface area (Å²) in [6.07, 6.45) is 3.06. The number of nitrogens with one attached hydrogen (secondary N) is 1. The summed E-state index contributed by atoms with van der Waals surface area (Å²) < 4.78 is 5.21. The Hall–Kier alpha value is -1.63. The molecule has 0 saturated heterocycles. The lowest BCUT2D eigenvalue weighted by molar-refractivity contribution is -0.124. The first-order valence-electron chi connectivity index (χ1n) is 7.73. The van der Waals surface area contributed by atoms with Crippen LogP contribution >= 0.6 is 24.0 Å². The van der Waals surface area contributed by atoms with Crippen LogP contribution < -0.4 is 11.1 Å². The third-order valence-corrected chi connectivity index (χ3v) is 4.27. The number of nitrogens with zero attached hydrogens (tertiary/aromatic N) is 2. The van der Waals surface area contributed by atoms with Gasteiger partial charge in [0.05, 0.1) is 0 Å². The third-order valence-electron chi connectivity index (χ3n) is 4.03. The fraction of sp³-hybridized carbons (Fsp3) is 0.438. The monoisotopic (exact) mass is 370 g/mol. The Balaban J connectivity index is 0.00000208. The molecule has 1 aromatic heterocycles. The summed E-state index contributed by atoms with van der Waals surface area (Å²) in [4.78, 5) is 16.3. The fourth-order valence-electron chi connectivity index (χ4n) is 2.79. The first-order chi connectivity index (χ1) is 11.1. The number of rotatable bonds is 5. The lowest BCUT2D eigenvalue weighted by atomic mass is 10.1. The average Bonchev–Trinajstić information content (AvgIpc) is 3.16. The van der Waals surface area contributed by atoms with Gasteiger partial charge in [-0.3, -0.25) is 4.79 Å². The number of carbonyl (C=O) groups is 1. The molecule has 0 bridgehead atoms. The number of hydrogen-bond donors (Lipinski definition) is 2. The van der Waals surface area contributed by atoms with Crippen LogP contribution in [-0.4, -0.2) is 28.6 Å². The van der Waals surface area contributed by atoms with Crippen molar-refractivity contribution >= 4 is 29.9 Å². The normalized spacial score (nSPS) is 19.8. The zero-order valence-corrected chi connectivity index (χ0v) is 14.6. The molecule has 0 aliphatic heterocycles. The molecule has 2 aromatic rings. The smallest absolute Gasteiger partial charge is 0.228 e. The molecule has 1 aliphatic carbocycles. The predicted molar refractivity (Wildman–Crippen MR) is 94.0 cm³/mol. The van der Waals surface area contributed by atoms with E-state index in [1.54, 1.807) is 12.1 Å². The molecule has 1 saturated carbocycles. The zero-order chi connectivity index (χ0) is 16.2. The van der Waals surface area contributed by atoms with E-state index in [4.69, 9.17) is 21.9 Å². The molecule has 6 nitrogen and oxygen atoms in total. The van der Waals surface area contributed by atoms with Gasteiger partial charge in [0, 0.05) is 35.5 Å². The highest BCUT2D eigenvalue weighted by Gasteiger charge is 2.27. The van der Waals surface area contributed by atoms with Gasteiger partial charge in [-0.25, -0.2) is 0 Å². The van der Waals surface area contributed by atoms with Crippen LogP contribution in [-0.2, 0) is 11.2 Å². The van der Waals surface area contributed by atoms with E-state index in [1.807, 2.05) is 12.1 Å². The van der Waals surface area contributed by atoms with E-state index in [0.29, 0.717) is 29.7 Å². The summed E-state index contributed by atoms with van der Waals surface area (Å²) in [7, 11) is 0. The summed E-state index contributed by atoms with van der Waals surface area (Å²) in [6, 6.07) is 7.42. The molecule has 8 heteroatoms. The maximum Gasteiger partial charge on any atom is 0.228 e. The number of halogens is 2. The van der Waals surface area contributed by atoms with Gasteiger partial charge < -0.3 is 15.6 Å². The predicted octanol–water partition coefficient (Wildman–Crippen LogP) is 2.60. The van der Waals surface area contributed by atoms with Crippen LogP contribution in [0.25, 0.3) is 11.4 Å². The van der Waals surface area contributed by atoms with Gasteiger partial charge in [0.15, 0.2) is 0 Å². The summed E-state index contributed by atoms with van der Waals surface area (Å²) >= 11 is 5.95. The molecule has 1 aromatic carbocycles. The maximum atomic E-state index is 12.0. The van der Waals surface area contributed by atoms with Crippen LogP contribution in [0.3, 0.4) is 0 Å². The minimum Gasteiger partial charge on any atom is -0.355 e. The highest BCUT2D eigenvalue weighted by molar-refractivity contribution is 6.30. The summed E-state index contributed by atoms with van der Waals surface area (Å²) in [5.41, 5.74) is 6.63. The fourth-order valence-corrected chi connectivity index (χ4v) is 2.98. The van der Waals surface area contributed by atoms with Gasteiger partial charge in [-0.15, -0.1) is 12.4 Å². The second-order valence-corrected chi connectivity index (χ2v) is 6.27. The number of nitrogens with two attached hydrogens (primary N) is 1. The van der Waals surface area contributed by atoms with Gasteiger partial charge in [-0.2, -0.15) is 4.98 Å². The second-order valence-electron chi connectivity index (χ2n) is 5.83. The van der Waals surface area contributed by atoms with Crippen molar-refractivity contribution in [1.82, 2.24) is 15.5 Å². The summed E-state index contributed by atoms with van der Waals surface area (Å²) in [6.45, 7) is 0.474. The first kappa shape index (κ1) is 18.7. The molecule has 1 heterocycles. The molecule has 2 unspecified atom stereocenters. The Labute approximate surface area is 151 Å². The molecular formula is C16H20Cl2N4O2. The van der Waals surface area contributed by atoms with E-state index in [9.17, 15) is 4.79 Å². The van der Waals surface area contributed by atoms with Crippen molar-refractivity contribution in [2.45, 2.75) is 31.7 Å². The van der Waals surface area contributed by atoms with Gasteiger partial charge in [0.25, 0.3) is 0 Å². The Morgan fingerprint density at radius 1 is 1.42 bits per heavy atom. The molecular weight excluding hydrogens is 351 g/mol. The minimum atomic E-state index is 0. The van der Waals surface area contributed by atoms with Crippen LogP contribution in [0.2, 0.25) is 5.02 Å². The van der Waals surface area contributed by atoms with Crippen molar-refractivity contribution in [2.24, 2.45) is 11.7 Å². The number of aromatic nitrogens is 2. The number of hydrogen-bond acceptors (Lipinski definition) is 5. The molecule has 3 rings (SSSR count). The van der Waals surface area contributed by atoms with Crippen molar-refractivity contribution in [3.05, 3.63) is 35.2 Å². The van der Waals surface area contributed by atoms with E-state index in [1.165, 1.54) is 0 Å². The molecule has 130 valence electrons. The van der Waals surface area contributed by atoms with Crippen LogP contribution in [0.1, 0.15) is 25.2 Å². The largest absolute Gasteiger partial charge is 0.355 e. The van der Waals surface area contributed by atoms with E-state index < -0.39 is 0 Å². The maximum absolute atomic E-state index is 12.0. The quantitative estimate of drug-likeness (QED) is 0.843. The van der Waals surface area contributed by atoms with Crippen molar-refractivity contribution in [3.63, 3.8) is 0 Å². The van der Waals surface area contributed by atoms with Crippen LogP contribution in [0.15, 0.2) is 28.8 Å². The van der Waals surface area contributed by atoms with Gasteiger partial charge in [0.1, 0.15) is 0 Å². The molecule has 0 radical (unpaired) electrons. The molecule has 24 heavy (non-hydrogen) atoms. The summed E-state index contributed by atoms with van der Waals surface area (Å²) in [5.74, 6) is 1.08. The van der Waals surface area contributed by atoms with Crippen molar-refractivity contribution in [3.8, 4) is 11.4 Å². The van der Waals surface area contributed by atoms with Gasteiger partial charge in [-0.05, 0) is 31.4 Å². The van der Waals surface area contributed by atoms with Gasteiger partial charge >= 0.3 is 0 Å². The van der Waals surface area contributed by atoms with Crippen molar-refractivity contribution < 1.29 is 9.32 Å². The first-order valence-corrected chi connectivity index (χ1v) is 8.11. The molecule has 0 spiro atoms. The highest BCUT2D eigenvalue weighted by atomic mass is 35.5. The summed E-state index contributed by atoms with van der Waals surface area (Å²) in [5, 5.41) is 7.47. The number of benzene rings is 1. The van der Waals surface area contributed by atoms with E-state index in [-0.39, 0.29) is 30.3 Å². The molecule has 1 amide bonds. The van der Waals surface area contributed by atoms with Crippen LogP contribution in [0, 0.1) is 5.92 Å². The Morgan fingerprint density at radius 3 is 2.96 bits per heavy atom. The van der Waals surface area contributed by atoms with E-state index in [0.717, 1.165) is 24.8 Å². The van der Waals surface area contributed by atoms with Crippen molar-refractivity contribution in [2.75, 3.05) is 6.54 Å². The standard InChI is InChI=1S/C16H19ClN4O2.ClH/c17-12-3-1-2-10(8-12)15-20-14(23-21-15)6-7-19-16(22)11-4-5-13(18)9-11;/h1-3,8,11,13H,4-7,9,18H2,(H,19,22);1H. The lowest BCUT2D eigenvalue weighted by Gasteiger charge is -2.09. The van der Waals surface area contributed by atoms with Crippen LogP contribution in [0.5, 0.6) is 0 Å². The second kappa shape index (κ2) is 8.46. The van der Waals surface area contributed by atoms with Crippen LogP contribution in [0.4, 0.5) is 0 Å². The van der Waals surface area contributed by atoms with E-state index >= 15 is 0 Å². The Kier molecular flexibility index (Phi) is 6.60. The minimum absolute atomic E-state index is 0. The number of carbonyl (C=O) groups excluding carboxylic acids is 1. The average molecular weight is 371 g/mol. The van der Waals surface area contributed by atoms with Gasteiger partial charge in [0.2, 0.25) is 17.6 Å². The Morgan fingerprint density at radius 2 is 2.25 bits per heavy atom. The van der Waals surface area contributed by atoms with Gasteiger partial charge in [-0.1, -0.05) is 28.9 Å². The SMILES string of the molecule is Cl.NC1CCC(C(=O)NCCc2nc(-c3cccc(Cl)c3)no2)C1. The van der Waals surface area contributed by atoms with Crippen molar-refractivity contribution in [1.29, 1.82) is 0 Å².